The van der Waals surface area contributed by atoms with Crippen LogP contribution in [0.15, 0.2) is 18.2 Å². The highest BCUT2D eigenvalue weighted by molar-refractivity contribution is 5.88. The van der Waals surface area contributed by atoms with Crippen molar-refractivity contribution in [2.75, 3.05) is 18.1 Å². The summed E-state index contributed by atoms with van der Waals surface area (Å²) in [5, 5.41) is 17.7. The lowest BCUT2D eigenvalue weighted by Gasteiger charge is -2.26. The number of cyclic esters (lactones) is 1. The van der Waals surface area contributed by atoms with Crippen LogP contribution in [0.5, 0.6) is 0 Å². The second-order valence-corrected chi connectivity index (χ2v) is 3.57. The van der Waals surface area contributed by atoms with Crippen LogP contribution in [-0.2, 0) is 4.74 Å². The summed E-state index contributed by atoms with van der Waals surface area (Å²) in [6, 6.07) is 8.59. The molecular formula is C12H9N3O2. The number of nitrogens with zero attached hydrogens (tertiary/aromatic N) is 3. The topological polar surface area (TPSA) is 77.1 Å². The first kappa shape index (κ1) is 11.0. The standard InChI is InChI=1S/C12H9N3O2/c13-7-9-2-3-11(6-10(9)8-14)15-4-1-5-17-12(15)16/h2-3,6H,1,4-5H2. The van der Waals surface area contributed by atoms with Crippen LogP contribution in [0.1, 0.15) is 17.5 Å². The molecule has 1 amide bonds. The number of ether oxygens (including phenoxy) is 1. The van der Waals surface area contributed by atoms with E-state index in [1.807, 2.05) is 12.1 Å². The van der Waals surface area contributed by atoms with Crippen LogP contribution in [0.4, 0.5) is 10.5 Å². The average Bonchev–Trinajstić information content (AvgIpc) is 2.38. The van der Waals surface area contributed by atoms with Gasteiger partial charge in [0.2, 0.25) is 0 Å². The van der Waals surface area contributed by atoms with Gasteiger partial charge in [-0.2, -0.15) is 10.5 Å². The Hall–Kier alpha value is -2.53. The second kappa shape index (κ2) is 4.54. The normalized spacial score (nSPS) is 14.7. The molecule has 2 rings (SSSR count). The van der Waals surface area contributed by atoms with Crippen LogP contribution >= 0.6 is 0 Å². The second-order valence-electron chi connectivity index (χ2n) is 3.57. The number of hydrogen-bond donors (Lipinski definition) is 0. The molecule has 17 heavy (non-hydrogen) atoms. The van der Waals surface area contributed by atoms with Gasteiger partial charge >= 0.3 is 6.09 Å². The molecule has 0 saturated carbocycles. The Morgan fingerprint density at radius 1 is 1.24 bits per heavy atom. The Morgan fingerprint density at radius 3 is 2.65 bits per heavy atom. The molecule has 1 heterocycles. The highest BCUT2D eigenvalue weighted by Crippen LogP contribution is 2.21. The minimum absolute atomic E-state index is 0.267. The molecule has 0 aromatic heterocycles. The van der Waals surface area contributed by atoms with Gasteiger partial charge < -0.3 is 4.74 Å². The summed E-state index contributed by atoms with van der Waals surface area (Å²) < 4.78 is 4.91. The zero-order chi connectivity index (χ0) is 12.3. The first-order valence-electron chi connectivity index (χ1n) is 5.15. The maximum atomic E-state index is 11.5. The van der Waals surface area contributed by atoms with E-state index >= 15 is 0 Å². The van der Waals surface area contributed by atoms with E-state index in [1.165, 1.54) is 17.0 Å². The first-order valence-corrected chi connectivity index (χ1v) is 5.15. The predicted octanol–water partition coefficient (Wildman–Crippen LogP) is 1.78. The zero-order valence-electron chi connectivity index (χ0n) is 9.01. The molecule has 1 aliphatic heterocycles. The maximum absolute atomic E-state index is 11.5. The molecule has 0 bridgehead atoms. The van der Waals surface area contributed by atoms with Crippen LogP contribution in [0.3, 0.4) is 0 Å². The molecule has 5 nitrogen and oxygen atoms in total. The molecule has 1 aromatic rings. The van der Waals surface area contributed by atoms with Gasteiger partial charge in [0, 0.05) is 12.2 Å². The van der Waals surface area contributed by atoms with Crippen molar-refractivity contribution in [2.45, 2.75) is 6.42 Å². The molecule has 0 radical (unpaired) electrons. The molecule has 1 aliphatic rings. The molecule has 1 aromatic carbocycles. The zero-order valence-corrected chi connectivity index (χ0v) is 9.01. The number of nitriles is 2. The number of carbonyl (C=O) groups is 1. The summed E-state index contributed by atoms with van der Waals surface area (Å²) >= 11 is 0. The van der Waals surface area contributed by atoms with Crippen molar-refractivity contribution < 1.29 is 9.53 Å². The SMILES string of the molecule is N#Cc1ccc(N2CCCOC2=O)cc1C#N. The third-order valence-electron chi connectivity index (χ3n) is 2.53. The van der Waals surface area contributed by atoms with Crippen molar-refractivity contribution in [3.63, 3.8) is 0 Å². The lowest BCUT2D eigenvalue weighted by molar-refractivity contribution is 0.140. The van der Waals surface area contributed by atoms with Gasteiger partial charge in [0.15, 0.2) is 0 Å². The quantitative estimate of drug-likeness (QED) is 0.732. The molecule has 0 N–H and O–H groups in total. The van der Waals surface area contributed by atoms with Crippen LogP contribution in [0, 0.1) is 22.7 Å². The Bertz CT molecular complexity index is 540. The van der Waals surface area contributed by atoms with Gasteiger partial charge in [0.05, 0.1) is 17.7 Å². The third kappa shape index (κ3) is 2.04. The Balaban J connectivity index is 2.37. The Labute approximate surface area is 98.4 Å². The number of benzene rings is 1. The number of hydrogen-bond acceptors (Lipinski definition) is 4. The smallest absolute Gasteiger partial charge is 0.414 e. The summed E-state index contributed by atoms with van der Waals surface area (Å²) in [6.07, 6.45) is 0.345. The number of carbonyl (C=O) groups excluding carboxylic acids is 1. The minimum Gasteiger partial charge on any atom is -0.449 e. The van der Waals surface area contributed by atoms with Crippen LogP contribution < -0.4 is 4.90 Å². The monoisotopic (exact) mass is 227 g/mol. The van der Waals surface area contributed by atoms with E-state index in [9.17, 15) is 4.79 Å². The molecular weight excluding hydrogens is 218 g/mol. The molecule has 5 heteroatoms. The summed E-state index contributed by atoms with van der Waals surface area (Å²) in [6.45, 7) is 0.992. The maximum Gasteiger partial charge on any atom is 0.414 e. The van der Waals surface area contributed by atoms with Crippen LogP contribution in [0.2, 0.25) is 0 Å². The number of anilines is 1. The van der Waals surface area contributed by atoms with E-state index in [0.29, 0.717) is 24.4 Å². The van der Waals surface area contributed by atoms with E-state index in [4.69, 9.17) is 15.3 Å². The fourth-order valence-electron chi connectivity index (χ4n) is 1.68. The van der Waals surface area contributed by atoms with Crippen molar-refractivity contribution >= 4 is 11.8 Å². The minimum atomic E-state index is -0.412. The first-order chi connectivity index (χ1) is 8.26. The Morgan fingerprint density at radius 2 is 2.00 bits per heavy atom. The fourth-order valence-corrected chi connectivity index (χ4v) is 1.68. The molecule has 1 fully saturated rings. The van der Waals surface area contributed by atoms with Crippen molar-refractivity contribution in [3.8, 4) is 12.1 Å². The summed E-state index contributed by atoms with van der Waals surface area (Å²) in [5.74, 6) is 0. The molecule has 1 saturated heterocycles. The van der Waals surface area contributed by atoms with E-state index in [-0.39, 0.29) is 5.56 Å². The van der Waals surface area contributed by atoms with Crippen LogP contribution in [-0.4, -0.2) is 19.2 Å². The van der Waals surface area contributed by atoms with Gasteiger partial charge in [-0.15, -0.1) is 0 Å². The number of amides is 1. The van der Waals surface area contributed by atoms with Gasteiger partial charge in [0.25, 0.3) is 0 Å². The highest BCUT2D eigenvalue weighted by Gasteiger charge is 2.21. The van der Waals surface area contributed by atoms with E-state index in [0.717, 1.165) is 6.42 Å². The van der Waals surface area contributed by atoms with Gasteiger partial charge in [-0.25, -0.2) is 4.79 Å². The fraction of sp³-hybridized carbons (Fsp3) is 0.250. The van der Waals surface area contributed by atoms with Gasteiger partial charge in [-0.3, -0.25) is 4.90 Å². The van der Waals surface area contributed by atoms with E-state index < -0.39 is 6.09 Å². The van der Waals surface area contributed by atoms with Crippen molar-refractivity contribution in [2.24, 2.45) is 0 Å². The van der Waals surface area contributed by atoms with Gasteiger partial charge in [-0.1, -0.05) is 0 Å². The van der Waals surface area contributed by atoms with Crippen molar-refractivity contribution in [1.29, 1.82) is 10.5 Å². The molecule has 0 aliphatic carbocycles. The largest absolute Gasteiger partial charge is 0.449 e. The van der Waals surface area contributed by atoms with Crippen molar-refractivity contribution in [3.05, 3.63) is 29.3 Å². The molecule has 0 spiro atoms. The van der Waals surface area contributed by atoms with Crippen molar-refractivity contribution in [1.82, 2.24) is 0 Å². The number of rotatable bonds is 1. The Kier molecular flexibility index (Phi) is 2.93. The van der Waals surface area contributed by atoms with Crippen LogP contribution in [0.25, 0.3) is 0 Å². The van der Waals surface area contributed by atoms with Gasteiger partial charge in [0.1, 0.15) is 12.1 Å². The van der Waals surface area contributed by atoms with E-state index in [1.54, 1.807) is 6.07 Å². The third-order valence-corrected chi connectivity index (χ3v) is 2.53. The average molecular weight is 227 g/mol. The van der Waals surface area contributed by atoms with E-state index in [2.05, 4.69) is 0 Å². The summed E-state index contributed by atoms with van der Waals surface area (Å²) in [7, 11) is 0. The summed E-state index contributed by atoms with van der Waals surface area (Å²) in [4.78, 5) is 13.0. The molecule has 0 atom stereocenters. The highest BCUT2D eigenvalue weighted by atomic mass is 16.6. The van der Waals surface area contributed by atoms with Gasteiger partial charge in [-0.05, 0) is 24.6 Å². The lowest BCUT2D eigenvalue weighted by atomic mass is 10.1. The lowest BCUT2D eigenvalue weighted by Crippen LogP contribution is -2.37. The molecule has 84 valence electrons. The summed E-state index contributed by atoms with van der Waals surface area (Å²) in [5.41, 5.74) is 1.16. The molecule has 0 unspecified atom stereocenters. The predicted molar refractivity (Wildman–Crippen MR) is 59.2 cm³/mol.